The molecule has 1 aromatic carbocycles. The van der Waals surface area contributed by atoms with Gasteiger partial charge in [0.05, 0.1) is 17.6 Å². The maximum Gasteiger partial charge on any atom is 0.328 e. The molecule has 0 aliphatic heterocycles. The molecule has 0 spiro atoms. The van der Waals surface area contributed by atoms with Gasteiger partial charge in [-0.25, -0.2) is 9.78 Å². The van der Waals surface area contributed by atoms with Crippen LogP contribution in [-0.2, 0) is 19.5 Å². The van der Waals surface area contributed by atoms with Gasteiger partial charge in [0.15, 0.2) is 0 Å². The SMILES string of the molecule is CCn1c(Cc2ccc(Cl)cc2Cl)cn(Cc2cc3nc(F)ccc3[nH]2)c1=O. The van der Waals surface area contributed by atoms with Crippen LogP contribution in [0.3, 0.4) is 0 Å². The molecule has 0 unspecified atom stereocenters. The fraction of sp³-hybridized carbons (Fsp3) is 0.200. The van der Waals surface area contributed by atoms with E-state index < -0.39 is 5.95 Å². The van der Waals surface area contributed by atoms with Crippen LogP contribution >= 0.6 is 23.2 Å². The molecule has 0 radical (unpaired) electrons. The Labute approximate surface area is 170 Å². The molecular weight excluding hydrogens is 402 g/mol. The molecule has 3 aromatic heterocycles. The van der Waals surface area contributed by atoms with Crippen molar-refractivity contribution in [1.82, 2.24) is 19.1 Å². The zero-order chi connectivity index (χ0) is 19.8. The van der Waals surface area contributed by atoms with Gasteiger partial charge in [-0.2, -0.15) is 4.39 Å². The van der Waals surface area contributed by atoms with Gasteiger partial charge in [-0.15, -0.1) is 0 Å². The van der Waals surface area contributed by atoms with E-state index in [-0.39, 0.29) is 5.69 Å². The quantitative estimate of drug-likeness (QED) is 0.480. The van der Waals surface area contributed by atoms with Crippen LogP contribution in [0, 0.1) is 5.95 Å². The van der Waals surface area contributed by atoms with E-state index in [4.69, 9.17) is 23.2 Å². The number of pyridine rings is 1. The largest absolute Gasteiger partial charge is 0.356 e. The van der Waals surface area contributed by atoms with Crippen LogP contribution in [0.4, 0.5) is 4.39 Å². The zero-order valence-electron chi connectivity index (χ0n) is 15.0. The number of benzene rings is 1. The number of halogens is 3. The minimum atomic E-state index is -0.533. The van der Waals surface area contributed by atoms with Crippen molar-refractivity contribution in [2.45, 2.75) is 26.4 Å². The first-order chi connectivity index (χ1) is 13.4. The molecule has 0 saturated carbocycles. The minimum Gasteiger partial charge on any atom is -0.356 e. The van der Waals surface area contributed by atoms with Crippen LogP contribution in [0.2, 0.25) is 10.0 Å². The molecule has 4 rings (SSSR count). The molecule has 4 aromatic rings. The molecule has 0 aliphatic carbocycles. The van der Waals surface area contributed by atoms with Crippen molar-refractivity contribution >= 4 is 34.2 Å². The number of H-pyrrole nitrogens is 1. The van der Waals surface area contributed by atoms with Gasteiger partial charge < -0.3 is 4.98 Å². The predicted molar refractivity (Wildman–Crippen MR) is 109 cm³/mol. The number of imidazole rings is 1. The average Bonchev–Trinajstić information content (AvgIpc) is 3.17. The number of aromatic nitrogens is 4. The topological polar surface area (TPSA) is 55.6 Å². The van der Waals surface area contributed by atoms with E-state index in [2.05, 4.69) is 9.97 Å². The molecule has 144 valence electrons. The molecular formula is C20H17Cl2FN4O. The fourth-order valence-electron chi connectivity index (χ4n) is 3.34. The summed E-state index contributed by atoms with van der Waals surface area (Å²) in [7, 11) is 0. The molecule has 0 atom stereocenters. The van der Waals surface area contributed by atoms with Gasteiger partial charge in [0.1, 0.15) is 0 Å². The first-order valence-electron chi connectivity index (χ1n) is 8.81. The summed E-state index contributed by atoms with van der Waals surface area (Å²) in [6, 6.07) is 10.0. The highest BCUT2D eigenvalue weighted by atomic mass is 35.5. The van der Waals surface area contributed by atoms with Gasteiger partial charge in [0, 0.05) is 40.6 Å². The lowest BCUT2D eigenvalue weighted by molar-refractivity contribution is 0.589. The summed E-state index contributed by atoms with van der Waals surface area (Å²) in [5.74, 6) is -0.533. The van der Waals surface area contributed by atoms with E-state index in [1.54, 1.807) is 33.4 Å². The monoisotopic (exact) mass is 418 g/mol. The van der Waals surface area contributed by atoms with Crippen LogP contribution in [0.25, 0.3) is 11.0 Å². The van der Waals surface area contributed by atoms with Crippen molar-refractivity contribution in [3.8, 4) is 0 Å². The van der Waals surface area contributed by atoms with E-state index in [1.165, 1.54) is 6.07 Å². The lowest BCUT2D eigenvalue weighted by atomic mass is 10.1. The third-order valence-corrected chi connectivity index (χ3v) is 5.26. The molecule has 0 amide bonds. The highest BCUT2D eigenvalue weighted by Crippen LogP contribution is 2.23. The van der Waals surface area contributed by atoms with Crippen LogP contribution in [0.15, 0.2) is 47.4 Å². The van der Waals surface area contributed by atoms with Gasteiger partial charge in [-0.1, -0.05) is 29.3 Å². The Bertz CT molecular complexity index is 1220. The third kappa shape index (κ3) is 3.57. The summed E-state index contributed by atoms with van der Waals surface area (Å²) in [5.41, 5.74) is 3.69. The summed E-state index contributed by atoms with van der Waals surface area (Å²) in [5, 5.41) is 1.14. The first-order valence-corrected chi connectivity index (χ1v) is 9.57. The van der Waals surface area contributed by atoms with Gasteiger partial charge in [-0.3, -0.25) is 9.13 Å². The predicted octanol–water partition coefficient (Wildman–Crippen LogP) is 4.63. The van der Waals surface area contributed by atoms with Crippen molar-refractivity contribution in [3.63, 3.8) is 0 Å². The first kappa shape index (κ1) is 18.8. The molecule has 8 heteroatoms. The van der Waals surface area contributed by atoms with Crippen LogP contribution < -0.4 is 5.69 Å². The fourth-order valence-corrected chi connectivity index (χ4v) is 3.82. The molecule has 0 fully saturated rings. The number of nitrogens with one attached hydrogen (secondary N) is 1. The van der Waals surface area contributed by atoms with E-state index in [1.807, 2.05) is 19.2 Å². The minimum absolute atomic E-state index is 0.111. The number of aromatic amines is 1. The second-order valence-corrected chi connectivity index (χ2v) is 7.39. The maximum absolute atomic E-state index is 13.3. The summed E-state index contributed by atoms with van der Waals surface area (Å²) in [4.78, 5) is 19.8. The summed E-state index contributed by atoms with van der Waals surface area (Å²) in [6.45, 7) is 2.81. The molecule has 28 heavy (non-hydrogen) atoms. The van der Waals surface area contributed by atoms with Crippen LogP contribution in [0.5, 0.6) is 0 Å². The lowest BCUT2D eigenvalue weighted by Crippen LogP contribution is -2.25. The normalized spacial score (nSPS) is 11.4. The number of fused-ring (bicyclic) bond motifs is 1. The molecule has 5 nitrogen and oxygen atoms in total. The summed E-state index contributed by atoms with van der Waals surface area (Å²) >= 11 is 12.3. The van der Waals surface area contributed by atoms with E-state index in [0.717, 1.165) is 22.5 Å². The van der Waals surface area contributed by atoms with Crippen molar-refractivity contribution in [2.75, 3.05) is 0 Å². The average molecular weight is 419 g/mol. The van der Waals surface area contributed by atoms with Crippen molar-refractivity contribution in [1.29, 1.82) is 0 Å². The van der Waals surface area contributed by atoms with Gasteiger partial charge in [0.25, 0.3) is 0 Å². The maximum atomic E-state index is 13.3. The molecule has 3 heterocycles. The van der Waals surface area contributed by atoms with Gasteiger partial charge >= 0.3 is 5.69 Å². The number of hydrogen-bond acceptors (Lipinski definition) is 2. The van der Waals surface area contributed by atoms with E-state index in [9.17, 15) is 9.18 Å². The number of rotatable bonds is 5. The Hall–Kier alpha value is -2.57. The zero-order valence-corrected chi connectivity index (χ0v) is 16.6. The number of nitrogens with zero attached hydrogens (tertiary/aromatic N) is 3. The highest BCUT2D eigenvalue weighted by molar-refractivity contribution is 6.35. The molecule has 0 bridgehead atoms. The molecule has 1 N–H and O–H groups in total. The highest BCUT2D eigenvalue weighted by Gasteiger charge is 2.14. The third-order valence-electron chi connectivity index (χ3n) is 4.67. The molecule has 0 saturated heterocycles. The van der Waals surface area contributed by atoms with E-state index in [0.29, 0.717) is 35.1 Å². The smallest absolute Gasteiger partial charge is 0.328 e. The Morgan fingerprint density at radius 3 is 2.75 bits per heavy atom. The second-order valence-electron chi connectivity index (χ2n) is 6.55. The Kier molecular flexibility index (Phi) is 5.00. The Morgan fingerprint density at radius 1 is 1.18 bits per heavy atom. The summed E-state index contributed by atoms with van der Waals surface area (Å²) < 4.78 is 16.6. The van der Waals surface area contributed by atoms with Gasteiger partial charge in [-0.05, 0) is 42.8 Å². The van der Waals surface area contributed by atoms with Crippen molar-refractivity contribution in [2.24, 2.45) is 0 Å². The Balaban J connectivity index is 1.67. The van der Waals surface area contributed by atoms with Crippen molar-refractivity contribution < 1.29 is 4.39 Å². The van der Waals surface area contributed by atoms with Crippen molar-refractivity contribution in [3.05, 3.63) is 86.0 Å². The van der Waals surface area contributed by atoms with E-state index >= 15 is 0 Å². The summed E-state index contributed by atoms with van der Waals surface area (Å²) in [6.07, 6.45) is 2.35. The molecule has 0 aliphatic rings. The van der Waals surface area contributed by atoms with Gasteiger partial charge in [0.2, 0.25) is 5.95 Å². The van der Waals surface area contributed by atoms with Crippen LogP contribution in [0.1, 0.15) is 23.9 Å². The standard InChI is InChI=1S/C20H17Cl2FN4O/c1-2-27-15(7-12-3-4-13(21)8-16(12)22)11-26(20(27)28)10-14-9-18-17(24-14)5-6-19(23)25-18/h3-6,8-9,11,24H,2,7,10H2,1H3. The Morgan fingerprint density at radius 2 is 2.00 bits per heavy atom. The number of hydrogen-bond donors (Lipinski definition) is 1. The van der Waals surface area contributed by atoms with Crippen LogP contribution in [-0.4, -0.2) is 19.1 Å². The second kappa shape index (κ2) is 7.45. The lowest BCUT2D eigenvalue weighted by Gasteiger charge is -2.06.